The van der Waals surface area contributed by atoms with E-state index in [0.717, 1.165) is 22.2 Å². The quantitative estimate of drug-likeness (QED) is 0.164. The molecule has 2 atom stereocenters. The molecule has 0 aromatic heterocycles. The Labute approximate surface area is 217 Å². The Balaban J connectivity index is 0.000000581. The Bertz CT molecular complexity index is 944. The minimum atomic E-state index is -0.502. The SMILES string of the molecule is C=CCBr.C=CCC(N=C(C)c1ccccc1)C(=O)OC.COC(=O)C=NC(C)c1ccccc1. The average Bonchev–Trinajstić information content (AvgIpc) is 2.92. The van der Waals surface area contributed by atoms with Gasteiger partial charge in [-0.15, -0.1) is 13.2 Å². The zero-order chi connectivity index (χ0) is 26.5. The third-order valence-electron chi connectivity index (χ3n) is 4.40. The van der Waals surface area contributed by atoms with Gasteiger partial charge >= 0.3 is 11.9 Å². The minimum absolute atomic E-state index is 0.0182. The molecule has 0 bridgehead atoms. The Hall–Kier alpha value is -3.32. The Kier molecular flexibility index (Phi) is 18.2. The molecular formula is C28H35BrN2O4. The second-order valence-corrected chi connectivity index (χ2v) is 7.62. The normalized spacial score (nSPS) is 12.1. The van der Waals surface area contributed by atoms with Crippen LogP contribution in [0.4, 0.5) is 0 Å². The van der Waals surface area contributed by atoms with Crippen LogP contribution < -0.4 is 0 Å². The van der Waals surface area contributed by atoms with E-state index in [9.17, 15) is 9.59 Å². The van der Waals surface area contributed by atoms with Crippen LogP contribution in [0.5, 0.6) is 0 Å². The number of benzene rings is 2. The lowest BCUT2D eigenvalue weighted by atomic mass is 10.1. The van der Waals surface area contributed by atoms with E-state index in [1.165, 1.54) is 20.4 Å². The molecule has 2 unspecified atom stereocenters. The summed E-state index contributed by atoms with van der Waals surface area (Å²) in [5, 5.41) is 0.896. The minimum Gasteiger partial charge on any atom is -0.467 e. The van der Waals surface area contributed by atoms with E-state index in [1.807, 2.05) is 74.5 Å². The maximum Gasteiger partial charge on any atom is 0.348 e. The Morgan fingerprint density at radius 1 is 0.971 bits per heavy atom. The van der Waals surface area contributed by atoms with Crippen LogP contribution in [0.2, 0.25) is 0 Å². The van der Waals surface area contributed by atoms with Gasteiger partial charge in [-0.1, -0.05) is 88.7 Å². The van der Waals surface area contributed by atoms with E-state index in [1.54, 1.807) is 12.2 Å². The zero-order valence-corrected chi connectivity index (χ0v) is 22.5. The summed E-state index contributed by atoms with van der Waals surface area (Å²) in [6, 6.07) is 19.0. The first-order valence-electron chi connectivity index (χ1n) is 11.0. The highest BCUT2D eigenvalue weighted by Crippen LogP contribution is 2.14. The molecule has 0 radical (unpaired) electrons. The molecule has 0 aliphatic rings. The van der Waals surface area contributed by atoms with Gasteiger partial charge in [0.15, 0.2) is 6.04 Å². The monoisotopic (exact) mass is 542 g/mol. The maximum absolute atomic E-state index is 11.5. The summed E-state index contributed by atoms with van der Waals surface area (Å²) in [5.74, 6) is -0.757. The lowest BCUT2D eigenvalue weighted by Gasteiger charge is -2.09. The van der Waals surface area contributed by atoms with E-state index in [4.69, 9.17) is 4.74 Å². The van der Waals surface area contributed by atoms with Crippen molar-refractivity contribution >= 4 is 39.8 Å². The Morgan fingerprint density at radius 2 is 1.51 bits per heavy atom. The summed E-state index contributed by atoms with van der Waals surface area (Å²) in [6.07, 6.45) is 5.15. The van der Waals surface area contributed by atoms with Gasteiger partial charge in [0.05, 0.1) is 20.3 Å². The molecule has 2 aromatic rings. The highest BCUT2D eigenvalue weighted by molar-refractivity contribution is 9.09. The summed E-state index contributed by atoms with van der Waals surface area (Å²) in [5.41, 5.74) is 2.90. The molecule has 0 amide bonds. The van der Waals surface area contributed by atoms with Crippen LogP contribution in [-0.4, -0.2) is 49.5 Å². The van der Waals surface area contributed by atoms with E-state index in [-0.39, 0.29) is 12.0 Å². The number of carbonyl (C=O) groups excluding carboxylic acids is 2. The third kappa shape index (κ3) is 14.5. The van der Waals surface area contributed by atoms with Crippen LogP contribution in [0, 0.1) is 0 Å². The number of halogens is 1. The molecule has 0 saturated carbocycles. The summed E-state index contributed by atoms with van der Waals surface area (Å²) in [7, 11) is 2.70. The van der Waals surface area contributed by atoms with Gasteiger partial charge in [-0.2, -0.15) is 0 Å². The molecular weight excluding hydrogens is 508 g/mol. The predicted octanol–water partition coefficient (Wildman–Crippen LogP) is 6.17. The molecule has 0 fully saturated rings. The molecule has 0 saturated heterocycles. The van der Waals surface area contributed by atoms with Crippen molar-refractivity contribution in [2.75, 3.05) is 19.5 Å². The van der Waals surface area contributed by atoms with Gasteiger partial charge in [-0.25, -0.2) is 9.59 Å². The highest BCUT2D eigenvalue weighted by Gasteiger charge is 2.16. The predicted molar refractivity (Wildman–Crippen MR) is 149 cm³/mol. The average molecular weight is 544 g/mol. The molecule has 0 spiro atoms. The van der Waals surface area contributed by atoms with Crippen LogP contribution in [0.15, 0.2) is 96.0 Å². The van der Waals surface area contributed by atoms with E-state index >= 15 is 0 Å². The fourth-order valence-corrected chi connectivity index (χ4v) is 2.53. The lowest BCUT2D eigenvalue weighted by Crippen LogP contribution is -2.21. The molecule has 6 nitrogen and oxygen atoms in total. The third-order valence-corrected chi connectivity index (χ3v) is 4.86. The van der Waals surface area contributed by atoms with Crippen LogP contribution in [0.3, 0.4) is 0 Å². The molecule has 7 heteroatoms. The first-order valence-corrected chi connectivity index (χ1v) is 12.1. The fraction of sp³-hybridized carbons (Fsp3) is 0.286. The number of hydrogen-bond acceptors (Lipinski definition) is 6. The molecule has 188 valence electrons. The van der Waals surface area contributed by atoms with E-state index in [2.05, 4.69) is 43.8 Å². The van der Waals surface area contributed by atoms with Gasteiger partial charge in [0, 0.05) is 11.0 Å². The second kappa shape index (κ2) is 20.1. The molecule has 0 N–H and O–H groups in total. The van der Waals surface area contributed by atoms with Crippen molar-refractivity contribution < 1.29 is 19.1 Å². The number of ether oxygens (including phenoxy) is 2. The number of aliphatic imine (C=N–C) groups is 2. The molecule has 2 aromatic carbocycles. The lowest BCUT2D eigenvalue weighted by molar-refractivity contribution is -0.142. The highest BCUT2D eigenvalue weighted by atomic mass is 79.9. The number of carbonyl (C=O) groups is 2. The van der Waals surface area contributed by atoms with E-state index < -0.39 is 12.0 Å². The van der Waals surface area contributed by atoms with Gasteiger partial charge in [-0.3, -0.25) is 9.98 Å². The van der Waals surface area contributed by atoms with Crippen LogP contribution >= 0.6 is 15.9 Å². The molecule has 2 rings (SSSR count). The van der Waals surface area contributed by atoms with Crippen molar-refractivity contribution in [1.29, 1.82) is 0 Å². The van der Waals surface area contributed by atoms with Gasteiger partial charge in [0.1, 0.15) is 6.21 Å². The number of esters is 2. The number of allylic oxidation sites excluding steroid dienone is 1. The molecule has 35 heavy (non-hydrogen) atoms. The van der Waals surface area contributed by atoms with Crippen molar-refractivity contribution in [3.63, 3.8) is 0 Å². The smallest absolute Gasteiger partial charge is 0.348 e. The van der Waals surface area contributed by atoms with Gasteiger partial charge in [0.25, 0.3) is 0 Å². The van der Waals surface area contributed by atoms with Crippen molar-refractivity contribution in [2.24, 2.45) is 9.98 Å². The number of nitrogens with zero attached hydrogens (tertiary/aromatic N) is 2. The molecule has 0 aliphatic heterocycles. The molecule has 0 aliphatic carbocycles. The fourth-order valence-electron chi connectivity index (χ4n) is 2.53. The van der Waals surface area contributed by atoms with Crippen molar-refractivity contribution in [2.45, 2.75) is 32.4 Å². The summed E-state index contributed by atoms with van der Waals surface area (Å²) < 4.78 is 9.16. The van der Waals surface area contributed by atoms with Crippen LogP contribution in [-0.2, 0) is 19.1 Å². The number of hydrogen-bond donors (Lipinski definition) is 0. The van der Waals surface area contributed by atoms with Gasteiger partial charge in [0.2, 0.25) is 0 Å². The van der Waals surface area contributed by atoms with Crippen LogP contribution in [0.25, 0.3) is 0 Å². The second-order valence-electron chi connectivity index (χ2n) is 6.97. The number of methoxy groups -OCH3 is 2. The van der Waals surface area contributed by atoms with Gasteiger partial charge < -0.3 is 9.47 Å². The largest absolute Gasteiger partial charge is 0.467 e. The molecule has 0 heterocycles. The van der Waals surface area contributed by atoms with Crippen molar-refractivity contribution in [1.82, 2.24) is 0 Å². The Morgan fingerprint density at radius 3 is 1.97 bits per heavy atom. The van der Waals surface area contributed by atoms with Crippen LogP contribution in [0.1, 0.15) is 37.4 Å². The summed E-state index contributed by atoms with van der Waals surface area (Å²) in [4.78, 5) is 30.7. The summed E-state index contributed by atoms with van der Waals surface area (Å²) >= 11 is 3.13. The number of rotatable bonds is 9. The van der Waals surface area contributed by atoms with Gasteiger partial charge in [-0.05, 0) is 31.4 Å². The zero-order valence-electron chi connectivity index (χ0n) is 20.9. The first kappa shape index (κ1) is 31.7. The van der Waals surface area contributed by atoms with E-state index in [0.29, 0.717) is 6.42 Å². The maximum atomic E-state index is 11.5. The van der Waals surface area contributed by atoms with Crippen molar-refractivity contribution in [3.05, 3.63) is 97.1 Å². The number of alkyl halides is 1. The topological polar surface area (TPSA) is 77.3 Å². The summed E-state index contributed by atoms with van der Waals surface area (Å²) in [6.45, 7) is 10.9. The van der Waals surface area contributed by atoms with Crippen molar-refractivity contribution in [3.8, 4) is 0 Å². The standard InChI is InChI=1S/C14H17NO2.C11H13NO2.C3H5Br/c1-4-8-13(14(16)17-3)15-11(2)12-9-6-5-7-10-12;1-9(12-8-11(13)14-2)10-6-4-3-5-7-10;1-2-3-4/h4-7,9-10,13H,1,8H2,2-3H3;3-9H,1-2H3;2H,1,3H2. The first-order chi connectivity index (χ1) is 16.8.